The molecule has 1 aliphatic rings. The molecular weight excluding hydrogens is 276 g/mol. The van der Waals surface area contributed by atoms with E-state index in [2.05, 4.69) is 24.3 Å². The third-order valence-electron chi connectivity index (χ3n) is 4.10. The minimum atomic E-state index is -0.0761. The highest BCUT2D eigenvalue weighted by Crippen LogP contribution is 2.41. The van der Waals surface area contributed by atoms with Crippen molar-refractivity contribution in [1.82, 2.24) is 0 Å². The third kappa shape index (κ3) is 3.67. The molecule has 0 heterocycles. The molecule has 3 nitrogen and oxygen atoms in total. The first kappa shape index (κ1) is 14.6. The van der Waals surface area contributed by atoms with Gasteiger partial charge in [-0.2, -0.15) is 0 Å². The van der Waals surface area contributed by atoms with Crippen molar-refractivity contribution in [2.75, 3.05) is 7.11 Å². The fourth-order valence-electron chi connectivity index (χ4n) is 2.68. The lowest BCUT2D eigenvalue weighted by molar-refractivity contribution is -0.142. The summed E-state index contributed by atoms with van der Waals surface area (Å²) < 4.78 is 10.5. The largest absolute Gasteiger partial charge is 0.489 e. The van der Waals surface area contributed by atoms with Gasteiger partial charge in [0, 0.05) is 0 Å². The highest BCUT2D eigenvalue weighted by molar-refractivity contribution is 5.75. The summed E-state index contributed by atoms with van der Waals surface area (Å²) in [4.78, 5) is 11.4. The van der Waals surface area contributed by atoms with E-state index in [1.54, 1.807) is 0 Å². The van der Waals surface area contributed by atoms with Gasteiger partial charge in [-0.25, -0.2) is 0 Å². The molecule has 1 fully saturated rings. The molecule has 2 atom stereocenters. The summed E-state index contributed by atoms with van der Waals surface area (Å²) in [5.41, 5.74) is 2.40. The van der Waals surface area contributed by atoms with Crippen LogP contribution >= 0.6 is 0 Å². The molecule has 2 aromatic rings. The second kappa shape index (κ2) is 6.65. The van der Waals surface area contributed by atoms with E-state index in [4.69, 9.17) is 9.47 Å². The number of rotatable bonds is 6. The Kier molecular flexibility index (Phi) is 4.42. The van der Waals surface area contributed by atoms with E-state index < -0.39 is 0 Å². The van der Waals surface area contributed by atoms with Gasteiger partial charge in [-0.05, 0) is 42.0 Å². The molecule has 3 rings (SSSR count). The molecule has 114 valence electrons. The highest BCUT2D eigenvalue weighted by Gasteiger charge is 2.43. The van der Waals surface area contributed by atoms with E-state index in [1.807, 2.05) is 30.3 Å². The summed E-state index contributed by atoms with van der Waals surface area (Å²) in [6.45, 7) is 0.577. The Morgan fingerprint density at radius 3 is 2.45 bits per heavy atom. The van der Waals surface area contributed by atoms with Crippen LogP contribution in [-0.2, 0) is 22.6 Å². The molecule has 2 aromatic carbocycles. The van der Waals surface area contributed by atoms with E-state index in [9.17, 15) is 4.79 Å². The van der Waals surface area contributed by atoms with Crippen LogP contribution in [0.4, 0.5) is 0 Å². The summed E-state index contributed by atoms with van der Waals surface area (Å²) in [7, 11) is 1.45. The molecule has 0 amide bonds. The molecule has 22 heavy (non-hydrogen) atoms. The Balaban J connectivity index is 1.50. The van der Waals surface area contributed by atoms with Crippen molar-refractivity contribution in [3.05, 3.63) is 65.7 Å². The molecule has 1 aliphatic carbocycles. The molecule has 1 saturated carbocycles. The van der Waals surface area contributed by atoms with Crippen molar-refractivity contribution in [3.63, 3.8) is 0 Å². The van der Waals surface area contributed by atoms with Crippen molar-refractivity contribution >= 4 is 5.97 Å². The molecule has 3 heteroatoms. The molecule has 0 aliphatic heterocycles. The van der Waals surface area contributed by atoms with Gasteiger partial charge < -0.3 is 9.47 Å². The third-order valence-corrected chi connectivity index (χ3v) is 4.10. The summed E-state index contributed by atoms with van der Waals surface area (Å²) >= 11 is 0. The smallest absolute Gasteiger partial charge is 0.308 e. The maximum atomic E-state index is 11.4. The summed E-state index contributed by atoms with van der Waals surface area (Å²) in [5.74, 6) is 1.32. The SMILES string of the molecule is COC(=O)[C@@H]1C[C@@H]1Cc1ccc(OCc2ccccc2)cc1. The van der Waals surface area contributed by atoms with Crippen LogP contribution < -0.4 is 4.74 Å². The van der Waals surface area contributed by atoms with Crippen molar-refractivity contribution in [1.29, 1.82) is 0 Å². The molecule has 0 saturated heterocycles. The Hall–Kier alpha value is -2.29. The summed E-state index contributed by atoms with van der Waals surface area (Å²) in [6.07, 6.45) is 1.87. The number of hydrogen-bond donors (Lipinski definition) is 0. The minimum Gasteiger partial charge on any atom is -0.489 e. The number of benzene rings is 2. The average molecular weight is 296 g/mol. The Bertz CT molecular complexity index is 619. The number of hydrogen-bond acceptors (Lipinski definition) is 3. The van der Waals surface area contributed by atoms with Crippen LogP contribution in [0.5, 0.6) is 5.75 Å². The van der Waals surface area contributed by atoms with Gasteiger partial charge in [0.2, 0.25) is 0 Å². The van der Waals surface area contributed by atoms with Gasteiger partial charge in [0.25, 0.3) is 0 Å². The van der Waals surface area contributed by atoms with Gasteiger partial charge in [0.05, 0.1) is 13.0 Å². The summed E-state index contributed by atoms with van der Waals surface area (Å²) in [6, 6.07) is 18.3. The molecule has 0 bridgehead atoms. The van der Waals surface area contributed by atoms with Gasteiger partial charge in [0.1, 0.15) is 12.4 Å². The monoisotopic (exact) mass is 296 g/mol. The lowest BCUT2D eigenvalue weighted by Gasteiger charge is -2.07. The molecule has 0 aromatic heterocycles. The van der Waals surface area contributed by atoms with Crippen LogP contribution in [0.2, 0.25) is 0 Å². The quantitative estimate of drug-likeness (QED) is 0.764. The number of methoxy groups -OCH3 is 1. The van der Waals surface area contributed by atoms with Crippen LogP contribution in [0.15, 0.2) is 54.6 Å². The maximum absolute atomic E-state index is 11.4. The Labute approximate surface area is 130 Å². The van der Waals surface area contributed by atoms with Crippen LogP contribution in [0.3, 0.4) is 0 Å². The minimum absolute atomic E-state index is 0.0761. The van der Waals surface area contributed by atoms with E-state index >= 15 is 0 Å². The standard InChI is InChI=1S/C19H20O3/c1-21-19(20)18-12-16(18)11-14-7-9-17(10-8-14)22-13-15-5-3-2-4-6-15/h2-10,16,18H,11-13H2,1H3/t16-,18+/m0/s1. The molecular formula is C19H20O3. The van der Waals surface area contributed by atoms with Gasteiger partial charge in [0.15, 0.2) is 0 Å². The molecule has 0 unspecified atom stereocenters. The van der Waals surface area contributed by atoms with Crippen molar-refractivity contribution in [2.45, 2.75) is 19.4 Å². The van der Waals surface area contributed by atoms with Gasteiger partial charge >= 0.3 is 5.97 Å². The second-order valence-electron chi connectivity index (χ2n) is 5.75. The van der Waals surface area contributed by atoms with Gasteiger partial charge in [-0.3, -0.25) is 4.79 Å². The number of esters is 1. The van der Waals surface area contributed by atoms with Crippen LogP contribution in [0.25, 0.3) is 0 Å². The van der Waals surface area contributed by atoms with E-state index in [0.29, 0.717) is 12.5 Å². The van der Waals surface area contributed by atoms with Crippen molar-refractivity contribution < 1.29 is 14.3 Å². The number of ether oxygens (including phenoxy) is 2. The normalized spacial score (nSPS) is 19.5. The number of carbonyl (C=O) groups is 1. The lowest BCUT2D eigenvalue weighted by Crippen LogP contribution is -2.05. The second-order valence-corrected chi connectivity index (χ2v) is 5.75. The lowest BCUT2D eigenvalue weighted by atomic mass is 10.1. The first-order chi connectivity index (χ1) is 10.8. The van der Waals surface area contributed by atoms with Crippen molar-refractivity contribution in [3.8, 4) is 5.75 Å². The Morgan fingerprint density at radius 2 is 1.77 bits per heavy atom. The zero-order chi connectivity index (χ0) is 15.4. The van der Waals surface area contributed by atoms with Gasteiger partial charge in [-0.1, -0.05) is 42.5 Å². The first-order valence-corrected chi connectivity index (χ1v) is 7.60. The molecule has 0 N–H and O–H groups in total. The first-order valence-electron chi connectivity index (χ1n) is 7.60. The summed E-state index contributed by atoms with van der Waals surface area (Å²) in [5, 5.41) is 0. The zero-order valence-corrected chi connectivity index (χ0v) is 12.7. The van der Waals surface area contributed by atoms with E-state index in [0.717, 1.165) is 24.2 Å². The topological polar surface area (TPSA) is 35.5 Å². The molecule has 0 radical (unpaired) electrons. The van der Waals surface area contributed by atoms with E-state index in [-0.39, 0.29) is 11.9 Å². The Morgan fingerprint density at radius 1 is 1.05 bits per heavy atom. The zero-order valence-electron chi connectivity index (χ0n) is 12.7. The van der Waals surface area contributed by atoms with Gasteiger partial charge in [-0.15, -0.1) is 0 Å². The fraction of sp³-hybridized carbons (Fsp3) is 0.316. The van der Waals surface area contributed by atoms with Crippen LogP contribution in [0, 0.1) is 11.8 Å². The maximum Gasteiger partial charge on any atom is 0.308 e. The number of carbonyl (C=O) groups excluding carboxylic acids is 1. The average Bonchev–Trinajstić information content (AvgIpc) is 3.33. The predicted molar refractivity (Wildman–Crippen MR) is 84.5 cm³/mol. The highest BCUT2D eigenvalue weighted by atomic mass is 16.5. The van der Waals surface area contributed by atoms with Crippen LogP contribution in [-0.4, -0.2) is 13.1 Å². The van der Waals surface area contributed by atoms with Crippen molar-refractivity contribution in [2.24, 2.45) is 11.8 Å². The molecule has 0 spiro atoms. The predicted octanol–water partition coefficient (Wildman–Crippen LogP) is 3.62. The van der Waals surface area contributed by atoms with Crippen LogP contribution in [0.1, 0.15) is 17.5 Å². The van der Waals surface area contributed by atoms with E-state index in [1.165, 1.54) is 12.7 Å². The fourth-order valence-corrected chi connectivity index (χ4v) is 2.68.